The van der Waals surface area contributed by atoms with Gasteiger partial charge in [0.25, 0.3) is 0 Å². The molecule has 1 saturated carbocycles. The molecule has 1 fully saturated rings. The van der Waals surface area contributed by atoms with Crippen LogP contribution in [0.25, 0.3) is 0 Å². The fourth-order valence-electron chi connectivity index (χ4n) is 1.84. The van der Waals surface area contributed by atoms with Crippen molar-refractivity contribution >= 4 is 0 Å². The minimum Gasteiger partial charge on any atom is -0.345 e. The molecule has 3 heteroatoms. The molecule has 1 unspecified atom stereocenters. The lowest BCUT2D eigenvalue weighted by atomic mass is 10.1. The van der Waals surface area contributed by atoms with E-state index in [1.54, 1.807) is 0 Å². The fraction of sp³-hybridized carbons (Fsp3) is 0.727. The first-order valence-corrected chi connectivity index (χ1v) is 5.38. The number of aromatic nitrogens is 2. The number of imidazole rings is 1. The normalized spacial score (nSPS) is 23.8. The molecule has 0 bridgehead atoms. The zero-order valence-electron chi connectivity index (χ0n) is 9.22. The van der Waals surface area contributed by atoms with Gasteiger partial charge in [-0.1, -0.05) is 20.8 Å². The average molecular weight is 193 g/mol. The zero-order chi connectivity index (χ0) is 10.2. The van der Waals surface area contributed by atoms with E-state index in [1.807, 2.05) is 6.20 Å². The Labute approximate surface area is 85.3 Å². The largest absolute Gasteiger partial charge is 0.345 e. The summed E-state index contributed by atoms with van der Waals surface area (Å²) in [5.74, 6) is 1.82. The van der Waals surface area contributed by atoms with E-state index in [2.05, 4.69) is 36.1 Å². The van der Waals surface area contributed by atoms with Crippen LogP contribution < -0.4 is 5.32 Å². The molecule has 1 aliphatic carbocycles. The van der Waals surface area contributed by atoms with Crippen LogP contribution in [0.15, 0.2) is 6.20 Å². The maximum absolute atomic E-state index is 4.43. The van der Waals surface area contributed by atoms with Crippen LogP contribution >= 0.6 is 0 Å². The number of nitrogens with one attached hydrogen (secondary N) is 2. The number of aromatic amines is 1. The first-order valence-electron chi connectivity index (χ1n) is 5.38. The number of hydrogen-bond donors (Lipinski definition) is 2. The summed E-state index contributed by atoms with van der Waals surface area (Å²) in [7, 11) is 0. The molecule has 1 aliphatic rings. The van der Waals surface area contributed by atoms with Crippen molar-refractivity contribution in [3.8, 4) is 0 Å². The highest BCUT2D eigenvalue weighted by atomic mass is 15.0. The Hall–Kier alpha value is -0.830. The lowest BCUT2D eigenvalue weighted by molar-refractivity contribution is 0.609. The van der Waals surface area contributed by atoms with Crippen LogP contribution in [0.2, 0.25) is 0 Å². The molecular formula is C11H19N3. The quantitative estimate of drug-likeness (QED) is 0.768. The highest BCUT2D eigenvalue weighted by Gasteiger charge is 2.48. The van der Waals surface area contributed by atoms with Crippen LogP contribution in [0.5, 0.6) is 0 Å². The van der Waals surface area contributed by atoms with Crippen molar-refractivity contribution < 1.29 is 0 Å². The van der Waals surface area contributed by atoms with E-state index in [-0.39, 0.29) is 0 Å². The molecule has 0 spiro atoms. The van der Waals surface area contributed by atoms with Gasteiger partial charge in [0.15, 0.2) is 0 Å². The van der Waals surface area contributed by atoms with Crippen molar-refractivity contribution in [2.24, 2.45) is 5.41 Å². The average Bonchev–Trinajstić information content (AvgIpc) is 2.63. The number of rotatable bonds is 4. The second kappa shape index (κ2) is 3.39. The van der Waals surface area contributed by atoms with Crippen LogP contribution in [0, 0.1) is 5.41 Å². The standard InChI is InChI=1S/C11H19N3/c1-4-12-6-8-7-13-10(14-8)9-5-11(9,2)3/h7,9,12H,4-6H2,1-3H3,(H,13,14). The summed E-state index contributed by atoms with van der Waals surface area (Å²) in [6.07, 6.45) is 3.22. The van der Waals surface area contributed by atoms with Gasteiger partial charge in [0.05, 0.1) is 0 Å². The molecule has 2 rings (SSSR count). The topological polar surface area (TPSA) is 40.7 Å². The molecule has 0 aliphatic heterocycles. The zero-order valence-corrected chi connectivity index (χ0v) is 9.22. The van der Waals surface area contributed by atoms with E-state index in [9.17, 15) is 0 Å². The molecule has 0 amide bonds. The van der Waals surface area contributed by atoms with E-state index in [0.29, 0.717) is 11.3 Å². The molecule has 1 heterocycles. The molecule has 14 heavy (non-hydrogen) atoms. The smallest absolute Gasteiger partial charge is 0.109 e. The summed E-state index contributed by atoms with van der Waals surface area (Å²) in [6, 6.07) is 0. The van der Waals surface area contributed by atoms with Crippen molar-refractivity contribution in [3.05, 3.63) is 17.7 Å². The predicted octanol–water partition coefficient (Wildman–Crippen LogP) is 2.03. The molecule has 3 nitrogen and oxygen atoms in total. The highest BCUT2D eigenvalue weighted by molar-refractivity contribution is 5.17. The maximum Gasteiger partial charge on any atom is 0.109 e. The second-order valence-corrected chi connectivity index (χ2v) is 4.82. The molecule has 0 saturated heterocycles. The third-order valence-electron chi connectivity index (χ3n) is 3.06. The number of H-pyrrole nitrogens is 1. The first-order chi connectivity index (χ1) is 6.63. The molecule has 2 N–H and O–H groups in total. The van der Waals surface area contributed by atoms with Gasteiger partial charge in [-0.15, -0.1) is 0 Å². The Balaban J connectivity index is 1.97. The lowest BCUT2D eigenvalue weighted by Gasteiger charge is -1.99. The summed E-state index contributed by atoms with van der Waals surface area (Å²) in [5, 5.41) is 3.29. The Morgan fingerprint density at radius 1 is 1.64 bits per heavy atom. The second-order valence-electron chi connectivity index (χ2n) is 4.82. The molecular weight excluding hydrogens is 174 g/mol. The Morgan fingerprint density at radius 2 is 2.36 bits per heavy atom. The molecule has 0 aromatic carbocycles. The fourth-order valence-corrected chi connectivity index (χ4v) is 1.84. The van der Waals surface area contributed by atoms with Crippen LogP contribution in [-0.2, 0) is 6.54 Å². The third kappa shape index (κ3) is 1.82. The van der Waals surface area contributed by atoms with E-state index in [1.165, 1.54) is 17.9 Å². The van der Waals surface area contributed by atoms with Crippen LogP contribution in [0.1, 0.15) is 44.6 Å². The van der Waals surface area contributed by atoms with Gasteiger partial charge in [0.2, 0.25) is 0 Å². The number of nitrogens with zero attached hydrogens (tertiary/aromatic N) is 1. The van der Waals surface area contributed by atoms with Crippen molar-refractivity contribution in [2.45, 2.75) is 39.7 Å². The van der Waals surface area contributed by atoms with Crippen molar-refractivity contribution in [3.63, 3.8) is 0 Å². The lowest BCUT2D eigenvalue weighted by Crippen LogP contribution is -2.11. The van der Waals surface area contributed by atoms with Gasteiger partial charge >= 0.3 is 0 Å². The predicted molar refractivity (Wildman–Crippen MR) is 57.1 cm³/mol. The van der Waals surface area contributed by atoms with Gasteiger partial charge in [-0.3, -0.25) is 0 Å². The SMILES string of the molecule is CCNCc1cnc(C2CC2(C)C)[nH]1. The van der Waals surface area contributed by atoms with Gasteiger partial charge in [0.1, 0.15) is 5.82 Å². The summed E-state index contributed by atoms with van der Waals surface area (Å²) < 4.78 is 0. The minimum atomic E-state index is 0.466. The van der Waals surface area contributed by atoms with Gasteiger partial charge < -0.3 is 10.3 Å². The van der Waals surface area contributed by atoms with E-state index < -0.39 is 0 Å². The van der Waals surface area contributed by atoms with Gasteiger partial charge in [0, 0.05) is 24.4 Å². The summed E-state index contributed by atoms with van der Waals surface area (Å²) >= 11 is 0. The van der Waals surface area contributed by atoms with E-state index in [0.717, 1.165) is 13.1 Å². The number of hydrogen-bond acceptors (Lipinski definition) is 2. The van der Waals surface area contributed by atoms with Gasteiger partial charge in [-0.2, -0.15) is 0 Å². The van der Waals surface area contributed by atoms with Crippen LogP contribution in [0.3, 0.4) is 0 Å². The monoisotopic (exact) mass is 193 g/mol. The summed E-state index contributed by atoms with van der Waals surface area (Å²) in [4.78, 5) is 7.82. The molecule has 1 atom stereocenters. The maximum atomic E-state index is 4.43. The Kier molecular flexibility index (Phi) is 2.35. The molecule has 1 aromatic rings. The molecule has 0 radical (unpaired) electrons. The minimum absolute atomic E-state index is 0.466. The Morgan fingerprint density at radius 3 is 2.93 bits per heavy atom. The third-order valence-corrected chi connectivity index (χ3v) is 3.06. The molecule has 1 aromatic heterocycles. The van der Waals surface area contributed by atoms with Crippen LogP contribution in [-0.4, -0.2) is 16.5 Å². The first kappa shape index (κ1) is 9.71. The van der Waals surface area contributed by atoms with Crippen molar-refractivity contribution in [2.75, 3.05) is 6.54 Å². The van der Waals surface area contributed by atoms with Gasteiger partial charge in [-0.25, -0.2) is 4.98 Å². The van der Waals surface area contributed by atoms with Crippen LogP contribution in [0.4, 0.5) is 0 Å². The van der Waals surface area contributed by atoms with Crippen molar-refractivity contribution in [1.82, 2.24) is 15.3 Å². The van der Waals surface area contributed by atoms with Gasteiger partial charge in [-0.05, 0) is 18.4 Å². The highest BCUT2D eigenvalue weighted by Crippen LogP contribution is 2.57. The van der Waals surface area contributed by atoms with Crippen molar-refractivity contribution in [1.29, 1.82) is 0 Å². The van der Waals surface area contributed by atoms with E-state index >= 15 is 0 Å². The molecule has 78 valence electrons. The Bertz CT molecular complexity index is 314. The van der Waals surface area contributed by atoms with E-state index in [4.69, 9.17) is 0 Å². The summed E-state index contributed by atoms with van der Waals surface area (Å²) in [5.41, 5.74) is 1.66. The summed E-state index contributed by atoms with van der Waals surface area (Å²) in [6.45, 7) is 8.61.